The van der Waals surface area contributed by atoms with Gasteiger partial charge in [0.25, 0.3) is 0 Å². The van der Waals surface area contributed by atoms with Crippen molar-refractivity contribution in [3.8, 4) is 0 Å². The highest BCUT2D eigenvalue weighted by molar-refractivity contribution is 5.92. The van der Waals surface area contributed by atoms with Crippen LogP contribution < -0.4 is 26.2 Å². The highest BCUT2D eigenvalue weighted by Crippen LogP contribution is 2.24. The Morgan fingerprint density at radius 3 is 2.71 bits per heavy atom. The van der Waals surface area contributed by atoms with E-state index in [1.54, 1.807) is 0 Å². The summed E-state index contributed by atoms with van der Waals surface area (Å²) < 4.78 is 0. The van der Waals surface area contributed by atoms with E-state index in [-0.39, 0.29) is 12.1 Å². The smallest absolute Gasteiger partial charge is 0.319 e. The van der Waals surface area contributed by atoms with E-state index in [1.165, 1.54) is 38.2 Å². The van der Waals surface area contributed by atoms with Crippen molar-refractivity contribution in [2.24, 2.45) is 5.16 Å². The molecule has 0 aliphatic carbocycles. The number of carbonyl (C=O) groups excluding carboxylic acids is 1. The van der Waals surface area contributed by atoms with E-state index >= 15 is 0 Å². The number of nitrogens with one attached hydrogen (secondary N) is 2. The van der Waals surface area contributed by atoms with Gasteiger partial charge in [0.05, 0.1) is 11.8 Å². The minimum absolute atomic E-state index is 0.00715. The molecular weight excluding hydrogens is 396 g/mol. The number of urea groups is 1. The SMILES string of the molecule is CON=Cc1c(N)ncnc1N1CCC(NC(=O)Nc2ccc(N3CCCC3)cc2)C1. The predicted molar refractivity (Wildman–Crippen MR) is 122 cm³/mol. The molecule has 0 saturated carbocycles. The maximum absolute atomic E-state index is 12.5. The molecule has 164 valence electrons. The van der Waals surface area contributed by atoms with Gasteiger partial charge in [-0.15, -0.1) is 0 Å². The van der Waals surface area contributed by atoms with Crippen LogP contribution in [0.5, 0.6) is 0 Å². The van der Waals surface area contributed by atoms with Crippen molar-refractivity contribution in [1.82, 2.24) is 15.3 Å². The van der Waals surface area contributed by atoms with Gasteiger partial charge in [0.15, 0.2) is 0 Å². The van der Waals surface area contributed by atoms with Crippen LogP contribution >= 0.6 is 0 Å². The Morgan fingerprint density at radius 1 is 1.19 bits per heavy atom. The van der Waals surface area contributed by atoms with Gasteiger partial charge in [0.2, 0.25) is 0 Å². The summed E-state index contributed by atoms with van der Waals surface area (Å²) in [6.45, 7) is 3.55. The number of anilines is 4. The quantitative estimate of drug-likeness (QED) is 0.479. The topological polar surface area (TPSA) is 121 Å². The van der Waals surface area contributed by atoms with Crippen molar-refractivity contribution in [3.05, 3.63) is 36.2 Å². The van der Waals surface area contributed by atoms with Crippen LogP contribution in [0.4, 0.5) is 27.8 Å². The van der Waals surface area contributed by atoms with E-state index in [9.17, 15) is 4.79 Å². The molecule has 0 bridgehead atoms. The first-order chi connectivity index (χ1) is 15.1. The molecule has 2 amide bonds. The van der Waals surface area contributed by atoms with Crippen LogP contribution in [0.1, 0.15) is 24.8 Å². The number of nitrogens with zero attached hydrogens (tertiary/aromatic N) is 5. The largest absolute Gasteiger partial charge is 0.399 e. The number of nitrogen functional groups attached to an aromatic ring is 1. The van der Waals surface area contributed by atoms with Gasteiger partial charge in [-0.1, -0.05) is 5.16 Å². The summed E-state index contributed by atoms with van der Waals surface area (Å²) in [6, 6.07) is 7.77. The second kappa shape index (κ2) is 9.50. The Hall–Kier alpha value is -3.56. The van der Waals surface area contributed by atoms with Gasteiger partial charge < -0.3 is 31.0 Å². The fraction of sp³-hybridized carbons (Fsp3) is 0.429. The molecule has 3 heterocycles. The molecule has 2 saturated heterocycles. The highest BCUT2D eigenvalue weighted by Gasteiger charge is 2.27. The molecule has 4 N–H and O–H groups in total. The van der Waals surface area contributed by atoms with Crippen molar-refractivity contribution >= 4 is 35.3 Å². The van der Waals surface area contributed by atoms with Crippen LogP contribution in [-0.2, 0) is 4.84 Å². The van der Waals surface area contributed by atoms with Crippen LogP contribution in [0.3, 0.4) is 0 Å². The lowest BCUT2D eigenvalue weighted by molar-refractivity contribution is 0.215. The minimum atomic E-state index is -0.218. The number of hydrogen-bond acceptors (Lipinski definition) is 8. The molecule has 0 spiro atoms. The number of aromatic nitrogens is 2. The van der Waals surface area contributed by atoms with Gasteiger partial charge in [0, 0.05) is 43.6 Å². The first-order valence-electron chi connectivity index (χ1n) is 10.5. The standard InChI is InChI=1S/C21H28N8O2/c1-31-25-12-18-19(22)23-14-24-20(18)29-11-8-16(13-29)27-21(30)26-15-4-6-17(7-5-15)28-9-2-3-10-28/h4-7,12,14,16H,2-3,8-11,13H2,1H3,(H2,22,23,24)(H2,26,27,30). The summed E-state index contributed by atoms with van der Waals surface area (Å²) in [7, 11) is 1.46. The van der Waals surface area contributed by atoms with Gasteiger partial charge in [-0.05, 0) is 43.5 Å². The Morgan fingerprint density at radius 2 is 1.97 bits per heavy atom. The van der Waals surface area contributed by atoms with E-state index in [1.807, 2.05) is 12.1 Å². The number of rotatable bonds is 6. The first-order valence-corrected chi connectivity index (χ1v) is 10.5. The van der Waals surface area contributed by atoms with E-state index in [0.717, 1.165) is 31.7 Å². The second-order valence-corrected chi connectivity index (χ2v) is 7.68. The minimum Gasteiger partial charge on any atom is -0.399 e. The molecule has 2 fully saturated rings. The number of benzene rings is 1. The fourth-order valence-electron chi connectivity index (χ4n) is 4.03. The molecule has 31 heavy (non-hydrogen) atoms. The molecule has 10 nitrogen and oxygen atoms in total. The zero-order valence-corrected chi connectivity index (χ0v) is 17.6. The Kier molecular flexibility index (Phi) is 6.34. The van der Waals surface area contributed by atoms with Crippen molar-refractivity contribution in [1.29, 1.82) is 0 Å². The highest BCUT2D eigenvalue weighted by atomic mass is 16.6. The van der Waals surface area contributed by atoms with Gasteiger partial charge >= 0.3 is 6.03 Å². The van der Waals surface area contributed by atoms with Gasteiger partial charge in [-0.25, -0.2) is 14.8 Å². The zero-order valence-electron chi connectivity index (χ0n) is 17.6. The molecule has 10 heteroatoms. The third kappa shape index (κ3) is 4.96. The van der Waals surface area contributed by atoms with Crippen LogP contribution in [0.15, 0.2) is 35.7 Å². The lowest BCUT2D eigenvalue weighted by atomic mass is 10.2. The Balaban J connectivity index is 1.33. The molecular formula is C21H28N8O2. The van der Waals surface area contributed by atoms with E-state index < -0.39 is 0 Å². The van der Waals surface area contributed by atoms with Crippen LogP contribution in [0.25, 0.3) is 0 Å². The van der Waals surface area contributed by atoms with Crippen molar-refractivity contribution in [2.45, 2.75) is 25.3 Å². The normalized spacial score (nSPS) is 18.5. The summed E-state index contributed by atoms with van der Waals surface area (Å²) in [4.78, 5) is 30.0. The molecule has 1 unspecified atom stereocenters. The number of nitrogens with two attached hydrogens (primary N) is 1. The van der Waals surface area contributed by atoms with Gasteiger partial charge in [0.1, 0.15) is 25.1 Å². The third-order valence-electron chi connectivity index (χ3n) is 5.60. The van der Waals surface area contributed by atoms with E-state index in [0.29, 0.717) is 23.7 Å². The van der Waals surface area contributed by atoms with E-state index in [2.05, 4.69) is 47.7 Å². The Labute approximate surface area is 181 Å². The monoisotopic (exact) mass is 424 g/mol. The van der Waals surface area contributed by atoms with Crippen LogP contribution in [-0.4, -0.2) is 61.5 Å². The lowest BCUT2D eigenvalue weighted by Crippen LogP contribution is -2.40. The lowest BCUT2D eigenvalue weighted by Gasteiger charge is -2.20. The number of oxime groups is 1. The van der Waals surface area contributed by atoms with Crippen molar-refractivity contribution in [2.75, 3.05) is 54.1 Å². The summed E-state index contributed by atoms with van der Waals surface area (Å²) in [6.07, 6.45) is 6.20. The summed E-state index contributed by atoms with van der Waals surface area (Å²) in [5, 5.41) is 9.74. The molecule has 1 aromatic heterocycles. The molecule has 1 atom stereocenters. The fourth-order valence-corrected chi connectivity index (χ4v) is 4.03. The molecule has 4 rings (SSSR count). The molecule has 0 radical (unpaired) electrons. The summed E-state index contributed by atoms with van der Waals surface area (Å²) >= 11 is 0. The Bertz CT molecular complexity index is 927. The van der Waals surface area contributed by atoms with E-state index in [4.69, 9.17) is 10.6 Å². The maximum Gasteiger partial charge on any atom is 0.319 e. The van der Waals surface area contributed by atoms with Crippen LogP contribution in [0.2, 0.25) is 0 Å². The molecule has 1 aromatic carbocycles. The van der Waals surface area contributed by atoms with Crippen LogP contribution in [0, 0.1) is 0 Å². The van der Waals surface area contributed by atoms with Crippen molar-refractivity contribution in [3.63, 3.8) is 0 Å². The van der Waals surface area contributed by atoms with Gasteiger partial charge in [-0.3, -0.25) is 0 Å². The first kappa shape index (κ1) is 20.7. The molecule has 2 aliphatic heterocycles. The predicted octanol–water partition coefficient (Wildman–Crippen LogP) is 2.04. The molecule has 2 aromatic rings. The van der Waals surface area contributed by atoms with Gasteiger partial charge in [-0.2, -0.15) is 0 Å². The van der Waals surface area contributed by atoms with Crippen molar-refractivity contribution < 1.29 is 9.63 Å². The molecule has 2 aliphatic rings. The average molecular weight is 425 g/mol. The zero-order chi connectivity index (χ0) is 21.6. The number of amides is 2. The second-order valence-electron chi connectivity index (χ2n) is 7.68. The number of carbonyl (C=O) groups is 1. The maximum atomic E-state index is 12.5. The summed E-state index contributed by atoms with van der Waals surface area (Å²) in [5.74, 6) is 1.01. The average Bonchev–Trinajstić information content (AvgIpc) is 3.46. The third-order valence-corrected chi connectivity index (χ3v) is 5.60. The number of hydrogen-bond donors (Lipinski definition) is 3. The summed E-state index contributed by atoms with van der Waals surface area (Å²) in [5.41, 5.74) is 8.55.